The quantitative estimate of drug-likeness (QED) is 0.589. The van der Waals surface area contributed by atoms with Crippen molar-refractivity contribution in [2.24, 2.45) is 0 Å². The van der Waals surface area contributed by atoms with Crippen LogP contribution < -0.4 is 4.74 Å². The molecule has 0 aliphatic carbocycles. The third-order valence-corrected chi connectivity index (χ3v) is 6.93. The van der Waals surface area contributed by atoms with Gasteiger partial charge in [-0.05, 0) is 56.2 Å². The molecule has 0 saturated carbocycles. The third kappa shape index (κ3) is 4.08. The van der Waals surface area contributed by atoms with E-state index in [1.165, 1.54) is 10.4 Å². The van der Waals surface area contributed by atoms with Crippen molar-refractivity contribution in [1.29, 1.82) is 0 Å². The molecule has 1 atom stereocenters. The molecular formula is C21H22FN3O4S. The average Bonchev–Trinajstić information content (AvgIpc) is 3.25. The maximum atomic E-state index is 14.0. The summed E-state index contributed by atoms with van der Waals surface area (Å²) in [7, 11) is -3.66. The summed E-state index contributed by atoms with van der Waals surface area (Å²) in [6.45, 7) is 3.03. The molecule has 1 aliphatic rings. The molecule has 4 rings (SSSR count). The van der Waals surface area contributed by atoms with Crippen molar-refractivity contribution in [3.05, 3.63) is 60.2 Å². The van der Waals surface area contributed by atoms with Gasteiger partial charge in [0.2, 0.25) is 15.9 Å². The number of ether oxygens (including phenoxy) is 1. The normalized spacial score (nSPS) is 17.7. The van der Waals surface area contributed by atoms with E-state index in [1.807, 2.05) is 6.92 Å². The standard InChI is InChI=1S/C21H22FN3O4S/c1-2-28-16-9-11-17(12-10-16)30(26,27)25-13-5-6-15(14-25)20-23-24-21(29-20)18-7-3-4-8-19(18)22/h3-4,7-12,15H,2,5-6,13-14H2,1H3/t15-/m1/s1. The van der Waals surface area contributed by atoms with E-state index in [9.17, 15) is 12.8 Å². The van der Waals surface area contributed by atoms with Gasteiger partial charge in [-0.25, -0.2) is 12.8 Å². The maximum absolute atomic E-state index is 14.0. The predicted octanol–water partition coefficient (Wildman–Crippen LogP) is 3.84. The molecule has 2 heterocycles. The van der Waals surface area contributed by atoms with Crippen molar-refractivity contribution in [2.45, 2.75) is 30.6 Å². The Labute approximate surface area is 174 Å². The highest BCUT2D eigenvalue weighted by Gasteiger charge is 2.33. The van der Waals surface area contributed by atoms with Crippen molar-refractivity contribution < 1.29 is 22.0 Å². The van der Waals surface area contributed by atoms with Crippen LogP contribution in [0.2, 0.25) is 0 Å². The van der Waals surface area contributed by atoms with Crippen LogP contribution in [-0.2, 0) is 10.0 Å². The van der Waals surface area contributed by atoms with Gasteiger partial charge in [0, 0.05) is 13.1 Å². The lowest BCUT2D eigenvalue weighted by Crippen LogP contribution is -2.39. The molecule has 0 amide bonds. The van der Waals surface area contributed by atoms with E-state index >= 15 is 0 Å². The van der Waals surface area contributed by atoms with Crippen molar-refractivity contribution in [2.75, 3.05) is 19.7 Å². The molecule has 1 aromatic heterocycles. The van der Waals surface area contributed by atoms with Gasteiger partial charge >= 0.3 is 0 Å². The second kappa shape index (κ2) is 8.53. The monoisotopic (exact) mass is 431 g/mol. The third-order valence-electron chi connectivity index (χ3n) is 5.05. The fraction of sp³-hybridized carbons (Fsp3) is 0.333. The zero-order valence-electron chi connectivity index (χ0n) is 16.5. The van der Waals surface area contributed by atoms with E-state index in [2.05, 4.69) is 10.2 Å². The lowest BCUT2D eigenvalue weighted by atomic mass is 10.00. The Morgan fingerprint density at radius 2 is 1.93 bits per heavy atom. The number of halogens is 1. The van der Waals surface area contributed by atoms with E-state index in [4.69, 9.17) is 9.15 Å². The zero-order valence-corrected chi connectivity index (χ0v) is 17.3. The molecule has 0 unspecified atom stereocenters. The number of hydrogen-bond acceptors (Lipinski definition) is 6. The second-order valence-electron chi connectivity index (χ2n) is 7.03. The molecule has 2 aromatic carbocycles. The minimum atomic E-state index is -3.66. The summed E-state index contributed by atoms with van der Waals surface area (Å²) in [5, 5.41) is 8.01. The van der Waals surface area contributed by atoms with Crippen LogP contribution in [0.15, 0.2) is 57.8 Å². The summed E-state index contributed by atoms with van der Waals surface area (Å²) in [5.41, 5.74) is 0.228. The fourth-order valence-electron chi connectivity index (χ4n) is 3.53. The Morgan fingerprint density at radius 1 is 1.17 bits per heavy atom. The number of aromatic nitrogens is 2. The van der Waals surface area contributed by atoms with Crippen LogP contribution in [0.3, 0.4) is 0 Å². The molecule has 1 aliphatic heterocycles. The van der Waals surface area contributed by atoms with Crippen molar-refractivity contribution >= 4 is 10.0 Å². The number of piperidine rings is 1. The molecule has 0 bridgehead atoms. The van der Waals surface area contributed by atoms with Crippen LogP contribution in [0.5, 0.6) is 5.75 Å². The summed E-state index contributed by atoms with van der Waals surface area (Å²) >= 11 is 0. The van der Waals surface area contributed by atoms with Crippen LogP contribution in [0.1, 0.15) is 31.6 Å². The van der Waals surface area contributed by atoms with Gasteiger partial charge in [-0.2, -0.15) is 4.31 Å². The molecular weight excluding hydrogens is 409 g/mol. The molecule has 1 saturated heterocycles. The molecule has 1 fully saturated rings. The number of benzene rings is 2. The highest BCUT2D eigenvalue weighted by atomic mass is 32.2. The minimum Gasteiger partial charge on any atom is -0.494 e. The van der Waals surface area contributed by atoms with E-state index in [0.29, 0.717) is 37.6 Å². The number of sulfonamides is 1. The smallest absolute Gasteiger partial charge is 0.250 e. The van der Waals surface area contributed by atoms with Crippen LogP contribution in [0, 0.1) is 5.82 Å². The Hall–Kier alpha value is -2.78. The van der Waals surface area contributed by atoms with Gasteiger partial charge in [-0.15, -0.1) is 10.2 Å². The first kappa shape index (κ1) is 20.5. The molecule has 0 N–H and O–H groups in total. The summed E-state index contributed by atoms with van der Waals surface area (Å²) in [5.74, 6) is 0.342. The van der Waals surface area contributed by atoms with E-state index in [0.717, 1.165) is 0 Å². The Balaban J connectivity index is 1.53. The highest BCUT2D eigenvalue weighted by Crippen LogP contribution is 2.32. The first-order valence-corrected chi connectivity index (χ1v) is 11.2. The lowest BCUT2D eigenvalue weighted by Gasteiger charge is -2.30. The number of hydrogen-bond donors (Lipinski definition) is 0. The molecule has 0 radical (unpaired) electrons. The number of nitrogens with zero attached hydrogens (tertiary/aromatic N) is 3. The summed E-state index contributed by atoms with van der Waals surface area (Å²) < 4.78 is 52.6. The summed E-state index contributed by atoms with van der Waals surface area (Å²) in [6.07, 6.45) is 1.38. The van der Waals surface area contributed by atoms with Crippen molar-refractivity contribution in [3.8, 4) is 17.2 Å². The van der Waals surface area contributed by atoms with Gasteiger partial charge in [-0.1, -0.05) is 12.1 Å². The van der Waals surface area contributed by atoms with Gasteiger partial charge in [0.15, 0.2) is 0 Å². The minimum absolute atomic E-state index is 0.0922. The average molecular weight is 431 g/mol. The molecule has 0 spiro atoms. The first-order chi connectivity index (χ1) is 14.5. The highest BCUT2D eigenvalue weighted by molar-refractivity contribution is 7.89. The largest absolute Gasteiger partial charge is 0.494 e. The maximum Gasteiger partial charge on any atom is 0.250 e. The fourth-order valence-corrected chi connectivity index (χ4v) is 5.05. The SMILES string of the molecule is CCOc1ccc(S(=O)(=O)N2CCC[C@@H](c3nnc(-c4ccccc4F)o3)C2)cc1. The Bertz CT molecular complexity index is 1120. The van der Waals surface area contributed by atoms with Crippen LogP contribution in [0.25, 0.3) is 11.5 Å². The number of rotatable bonds is 6. The van der Waals surface area contributed by atoms with Gasteiger partial charge < -0.3 is 9.15 Å². The summed E-state index contributed by atoms with van der Waals surface area (Å²) in [6, 6.07) is 12.6. The molecule has 30 heavy (non-hydrogen) atoms. The lowest BCUT2D eigenvalue weighted by molar-refractivity contribution is 0.286. The Kier molecular flexibility index (Phi) is 5.83. The van der Waals surface area contributed by atoms with E-state index in [1.54, 1.807) is 42.5 Å². The van der Waals surface area contributed by atoms with Gasteiger partial charge in [0.05, 0.1) is 23.0 Å². The molecule has 158 valence electrons. The van der Waals surface area contributed by atoms with Crippen molar-refractivity contribution in [1.82, 2.24) is 14.5 Å². The molecule has 9 heteroatoms. The topological polar surface area (TPSA) is 85.5 Å². The van der Waals surface area contributed by atoms with Gasteiger partial charge in [0.1, 0.15) is 11.6 Å². The summed E-state index contributed by atoms with van der Waals surface area (Å²) in [4.78, 5) is 0.212. The molecule has 3 aromatic rings. The van der Waals surface area contributed by atoms with Crippen LogP contribution in [0.4, 0.5) is 4.39 Å². The van der Waals surface area contributed by atoms with Gasteiger partial charge in [0.25, 0.3) is 5.89 Å². The van der Waals surface area contributed by atoms with Crippen LogP contribution in [-0.4, -0.2) is 42.6 Å². The second-order valence-corrected chi connectivity index (χ2v) is 8.97. The van der Waals surface area contributed by atoms with Crippen LogP contribution >= 0.6 is 0 Å². The van der Waals surface area contributed by atoms with E-state index < -0.39 is 15.8 Å². The zero-order chi connectivity index (χ0) is 21.1. The van der Waals surface area contributed by atoms with E-state index in [-0.39, 0.29) is 28.8 Å². The molecule has 7 nitrogen and oxygen atoms in total. The first-order valence-electron chi connectivity index (χ1n) is 9.80. The van der Waals surface area contributed by atoms with Crippen molar-refractivity contribution in [3.63, 3.8) is 0 Å². The Morgan fingerprint density at radius 3 is 2.67 bits per heavy atom. The predicted molar refractivity (Wildman–Crippen MR) is 108 cm³/mol. The van der Waals surface area contributed by atoms with Gasteiger partial charge in [-0.3, -0.25) is 0 Å².